The summed E-state index contributed by atoms with van der Waals surface area (Å²) in [6.45, 7) is 4.51. The van der Waals surface area contributed by atoms with Gasteiger partial charge in [0.15, 0.2) is 0 Å². The molecule has 0 aliphatic heterocycles. The lowest BCUT2D eigenvalue weighted by atomic mass is 10.4. The molecule has 0 aromatic carbocycles. The Kier molecular flexibility index (Phi) is 5.55. The molecular formula is C11H19ClN4O3S. The summed E-state index contributed by atoms with van der Waals surface area (Å²) in [7, 11) is -0.944. The Hall–Kier alpha value is -1.12. The Bertz CT molecular complexity index is 580. The van der Waals surface area contributed by atoms with Gasteiger partial charge in [0.1, 0.15) is 5.15 Å². The average Bonchev–Trinajstić information content (AvgIpc) is 2.71. The van der Waals surface area contributed by atoms with E-state index in [2.05, 4.69) is 4.98 Å². The number of halogens is 1. The number of amides is 1. The molecule has 0 spiro atoms. The van der Waals surface area contributed by atoms with Crippen molar-refractivity contribution in [2.75, 3.05) is 26.7 Å². The van der Waals surface area contributed by atoms with Crippen LogP contribution in [0, 0.1) is 0 Å². The fraction of sp³-hybridized carbons (Fsp3) is 0.636. The van der Waals surface area contributed by atoms with Crippen molar-refractivity contribution in [1.82, 2.24) is 18.8 Å². The van der Waals surface area contributed by atoms with Gasteiger partial charge in [-0.15, -0.1) is 0 Å². The lowest BCUT2D eigenvalue weighted by Gasteiger charge is -2.22. The number of aromatic nitrogens is 2. The van der Waals surface area contributed by atoms with Crippen molar-refractivity contribution in [2.24, 2.45) is 7.05 Å². The van der Waals surface area contributed by atoms with Gasteiger partial charge >= 0.3 is 0 Å². The number of hydrogen-bond acceptors (Lipinski definition) is 4. The van der Waals surface area contributed by atoms with E-state index < -0.39 is 10.0 Å². The highest BCUT2D eigenvalue weighted by molar-refractivity contribution is 7.89. The maximum atomic E-state index is 12.3. The first kappa shape index (κ1) is 16.9. The van der Waals surface area contributed by atoms with Crippen LogP contribution in [0.15, 0.2) is 11.4 Å². The van der Waals surface area contributed by atoms with E-state index in [1.165, 1.54) is 17.9 Å². The lowest BCUT2D eigenvalue weighted by Crippen LogP contribution is -2.41. The quantitative estimate of drug-likeness (QED) is 0.767. The van der Waals surface area contributed by atoms with Crippen molar-refractivity contribution in [1.29, 1.82) is 0 Å². The van der Waals surface area contributed by atoms with Gasteiger partial charge in [-0.2, -0.15) is 4.31 Å². The minimum Gasteiger partial charge on any atom is -0.342 e. The van der Waals surface area contributed by atoms with Crippen LogP contribution in [0.1, 0.15) is 13.8 Å². The highest BCUT2D eigenvalue weighted by Gasteiger charge is 2.29. The van der Waals surface area contributed by atoms with E-state index in [1.54, 1.807) is 11.9 Å². The summed E-state index contributed by atoms with van der Waals surface area (Å²) in [5, 5.41) is -0.219. The molecule has 0 saturated carbocycles. The monoisotopic (exact) mass is 322 g/mol. The molecule has 0 unspecified atom stereocenters. The molecule has 0 bridgehead atoms. The Morgan fingerprint density at radius 3 is 2.35 bits per heavy atom. The van der Waals surface area contributed by atoms with Crippen molar-refractivity contribution in [3.05, 3.63) is 11.5 Å². The van der Waals surface area contributed by atoms with Gasteiger partial charge in [-0.05, 0) is 13.8 Å². The first-order valence-electron chi connectivity index (χ1n) is 6.16. The molecule has 114 valence electrons. The van der Waals surface area contributed by atoms with Crippen molar-refractivity contribution in [3.8, 4) is 0 Å². The van der Waals surface area contributed by atoms with Gasteiger partial charge in [-0.1, -0.05) is 11.6 Å². The van der Waals surface area contributed by atoms with Gasteiger partial charge in [-0.3, -0.25) is 4.79 Å². The summed E-state index contributed by atoms with van der Waals surface area (Å²) in [4.78, 5) is 17.3. The second-order valence-corrected chi connectivity index (χ2v) is 6.60. The molecule has 7 nitrogen and oxygen atoms in total. The van der Waals surface area contributed by atoms with E-state index in [4.69, 9.17) is 11.6 Å². The number of carbonyl (C=O) groups excluding carboxylic acids is 1. The minimum absolute atomic E-state index is 0.0205. The Balaban J connectivity index is 2.94. The SMILES string of the molecule is CCN(CC)C(=O)CN(C)S(=O)(=O)c1ncn(C)c1Cl. The normalized spacial score (nSPS) is 11.9. The molecule has 1 rings (SSSR count). The molecule has 20 heavy (non-hydrogen) atoms. The zero-order valence-electron chi connectivity index (χ0n) is 12.0. The second kappa shape index (κ2) is 6.55. The number of aryl methyl sites for hydroxylation is 1. The van der Waals surface area contributed by atoms with Crippen molar-refractivity contribution in [3.63, 3.8) is 0 Å². The third-order valence-corrected chi connectivity index (χ3v) is 5.26. The zero-order chi connectivity index (χ0) is 15.5. The smallest absolute Gasteiger partial charge is 0.263 e. The summed E-state index contributed by atoms with van der Waals surface area (Å²) in [5.74, 6) is -0.256. The Morgan fingerprint density at radius 1 is 1.40 bits per heavy atom. The number of sulfonamides is 1. The number of hydrogen-bond donors (Lipinski definition) is 0. The lowest BCUT2D eigenvalue weighted by molar-refractivity contribution is -0.130. The molecule has 1 heterocycles. The first-order valence-corrected chi connectivity index (χ1v) is 7.98. The third kappa shape index (κ3) is 3.31. The zero-order valence-corrected chi connectivity index (χ0v) is 13.6. The van der Waals surface area contributed by atoms with Gasteiger partial charge in [0.2, 0.25) is 10.9 Å². The van der Waals surface area contributed by atoms with Crippen molar-refractivity contribution < 1.29 is 13.2 Å². The van der Waals surface area contributed by atoms with E-state index in [-0.39, 0.29) is 22.6 Å². The summed E-state index contributed by atoms with van der Waals surface area (Å²) in [5.41, 5.74) is 0. The van der Waals surface area contributed by atoms with Crippen LogP contribution in [-0.2, 0) is 21.9 Å². The predicted octanol–water partition coefficient (Wildman–Crippen LogP) is 0.562. The van der Waals surface area contributed by atoms with E-state index in [9.17, 15) is 13.2 Å². The van der Waals surface area contributed by atoms with Crippen LogP contribution in [0.2, 0.25) is 5.15 Å². The topological polar surface area (TPSA) is 75.5 Å². The fourth-order valence-corrected chi connectivity index (χ4v) is 3.16. The van der Waals surface area contributed by atoms with Crippen LogP contribution in [-0.4, -0.2) is 59.8 Å². The van der Waals surface area contributed by atoms with E-state index in [0.717, 1.165) is 4.31 Å². The highest BCUT2D eigenvalue weighted by Crippen LogP contribution is 2.21. The van der Waals surface area contributed by atoms with E-state index >= 15 is 0 Å². The van der Waals surface area contributed by atoms with E-state index in [1.807, 2.05) is 13.8 Å². The molecule has 0 saturated heterocycles. The van der Waals surface area contributed by atoms with Crippen LogP contribution >= 0.6 is 11.6 Å². The first-order chi connectivity index (χ1) is 9.25. The number of imidazole rings is 1. The molecule has 0 aliphatic carbocycles. The van der Waals surface area contributed by atoms with Crippen LogP contribution in [0.3, 0.4) is 0 Å². The van der Waals surface area contributed by atoms with Gasteiger partial charge in [0.25, 0.3) is 10.0 Å². The molecule has 1 aromatic heterocycles. The number of likely N-dealkylation sites (N-methyl/N-ethyl adjacent to an activating group) is 2. The standard InChI is InChI=1S/C11H19ClN4O3S/c1-5-16(6-2)9(17)7-15(4)20(18,19)11-10(12)14(3)8-13-11/h8H,5-7H2,1-4H3. The molecule has 0 N–H and O–H groups in total. The maximum absolute atomic E-state index is 12.3. The summed E-state index contributed by atoms with van der Waals surface area (Å²) >= 11 is 5.89. The second-order valence-electron chi connectivity index (χ2n) is 4.28. The van der Waals surface area contributed by atoms with Gasteiger partial charge in [0, 0.05) is 27.2 Å². The molecule has 1 aromatic rings. The van der Waals surface area contributed by atoms with Crippen LogP contribution in [0.4, 0.5) is 0 Å². The summed E-state index contributed by atoms with van der Waals surface area (Å²) < 4.78 is 26.9. The third-order valence-electron chi connectivity index (χ3n) is 2.96. The van der Waals surface area contributed by atoms with Gasteiger partial charge < -0.3 is 9.47 Å². The van der Waals surface area contributed by atoms with Gasteiger partial charge in [0.05, 0.1) is 12.9 Å². The summed E-state index contributed by atoms with van der Waals surface area (Å²) in [6.07, 6.45) is 1.31. The molecule has 1 amide bonds. The predicted molar refractivity (Wildman–Crippen MR) is 76.0 cm³/mol. The fourth-order valence-electron chi connectivity index (χ4n) is 1.67. The minimum atomic E-state index is -3.87. The molecule has 0 radical (unpaired) electrons. The van der Waals surface area contributed by atoms with Crippen LogP contribution < -0.4 is 0 Å². The highest BCUT2D eigenvalue weighted by atomic mass is 35.5. The Morgan fingerprint density at radius 2 is 1.95 bits per heavy atom. The molecular weight excluding hydrogens is 304 g/mol. The van der Waals surface area contributed by atoms with Crippen LogP contribution in [0.25, 0.3) is 0 Å². The molecule has 0 fully saturated rings. The van der Waals surface area contributed by atoms with Gasteiger partial charge in [-0.25, -0.2) is 13.4 Å². The van der Waals surface area contributed by atoms with Crippen LogP contribution in [0.5, 0.6) is 0 Å². The number of nitrogens with zero attached hydrogens (tertiary/aromatic N) is 4. The summed E-state index contributed by atoms with van der Waals surface area (Å²) in [6, 6.07) is 0. The average molecular weight is 323 g/mol. The number of carbonyl (C=O) groups is 1. The van der Waals surface area contributed by atoms with E-state index in [0.29, 0.717) is 13.1 Å². The largest absolute Gasteiger partial charge is 0.342 e. The Labute approximate surface area is 124 Å². The number of rotatable bonds is 6. The van der Waals surface area contributed by atoms with Crippen molar-refractivity contribution >= 4 is 27.5 Å². The molecule has 0 aliphatic rings. The maximum Gasteiger partial charge on any atom is 0.263 e. The molecule has 0 atom stereocenters. The molecule has 9 heteroatoms. The van der Waals surface area contributed by atoms with Crippen molar-refractivity contribution in [2.45, 2.75) is 18.9 Å².